The number of amides is 1. The number of rotatable bonds is 6. The van der Waals surface area contributed by atoms with E-state index in [2.05, 4.69) is 21.2 Å². The first-order valence-electron chi connectivity index (χ1n) is 7.74. The number of hydrogen-bond donors (Lipinski definition) is 1. The maximum absolute atomic E-state index is 12.3. The lowest BCUT2D eigenvalue weighted by Gasteiger charge is -2.17. The predicted molar refractivity (Wildman–Crippen MR) is 97.4 cm³/mol. The van der Waals surface area contributed by atoms with Crippen molar-refractivity contribution in [3.63, 3.8) is 0 Å². The minimum absolute atomic E-state index is 0.303. The first kappa shape index (κ1) is 18.9. The Hall–Kier alpha value is -2.47. The zero-order chi connectivity index (χ0) is 18.4. The molecule has 2 atom stereocenters. The fourth-order valence-corrected chi connectivity index (χ4v) is 2.37. The van der Waals surface area contributed by atoms with Crippen LogP contribution in [0.3, 0.4) is 0 Å². The van der Waals surface area contributed by atoms with Gasteiger partial charge >= 0.3 is 5.97 Å². The van der Waals surface area contributed by atoms with E-state index < -0.39 is 18.1 Å². The minimum Gasteiger partial charge on any atom is -0.453 e. The number of carbonyl (C=O) groups excluding carboxylic acids is 3. The summed E-state index contributed by atoms with van der Waals surface area (Å²) in [5.74, 6) is -1.35. The third-order valence-electron chi connectivity index (χ3n) is 3.53. The molecule has 0 saturated carbocycles. The molecule has 0 aliphatic carbocycles. The highest BCUT2D eigenvalue weighted by Gasteiger charge is 2.24. The number of hydrogen-bond acceptors (Lipinski definition) is 4. The number of nitrogens with one attached hydrogen (secondary N) is 1. The summed E-state index contributed by atoms with van der Waals surface area (Å²) in [6.07, 6.45) is -0.940. The molecule has 0 radical (unpaired) electrons. The van der Waals surface area contributed by atoms with Crippen molar-refractivity contribution in [2.75, 3.05) is 0 Å². The number of Topliss-reactive ketones (excluding diaryl/α,β-unsaturated/α-hetero) is 1. The highest BCUT2D eigenvalue weighted by molar-refractivity contribution is 9.10. The first-order chi connectivity index (χ1) is 11.9. The second kappa shape index (κ2) is 8.58. The van der Waals surface area contributed by atoms with E-state index in [1.165, 1.54) is 13.8 Å². The summed E-state index contributed by atoms with van der Waals surface area (Å²) in [6.45, 7) is 3.02. The van der Waals surface area contributed by atoms with Crippen molar-refractivity contribution in [3.05, 3.63) is 70.2 Å². The summed E-state index contributed by atoms with van der Waals surface area (Å²) in [4.78, 5) is 36.4. The van der Waals surface area contributed by atoms with Crippen LogP contribution in [0.5, 0.6) is 0 Å². The lowest BCUT2D eigenvalue weighted by molar-refractivity contribution is -0.148. The number of benzene rings is 2. The predicted octanol–water partition coefficient (Wildman–Crippen LogP) is 3.38. The van der Waals surface area contributed by atoms with Crippen LogP contribution in [0.15, 0.2) is 59.1 Å². The Kier molecular flexibility index (Phi) is 6.47. The highest BCUT2D eigenvalue weighted by atomic mass is 79.9. The van der Waals surface area contributed by atoms with Crippen molar-refractivity contribution in [1.82, 2.24) is 5.32 Å². The molecule has 0 fully saturated rings. The zero-order valence-electron chi connectivity index (χ0n) is 13.9. The molecule has 5 nitrogen and oxygen atoms in total. The van der Waals surface area contributed by atoms with E-state index in [1.807, 2.05) is 0 Å². The minimum atomic E-state index is -0.940. The van der Waals surface area contributed by atoms with Gasteiger partial charge in [0.1, 0.15) is 6.04 Å². The molecule has 0 heterocycles. The molecule has 2 rings (SSSR count). The number of halogens is 1. The Morgan fingerprint density at radius 1 is 0.920 bits per heavy atom. The molecule has 25 heavy (non-hydrogen) atoms. The number of carbonyl (C=O) groups is 3. The van der Waals surface area contributed by atoms with Crippen LogP contribution >= 0.6 is 15.9 Å². The average Bonchev–Trinajstić information content (AvgIpc) is 2.62. The molecule has 0 unspecified atom stereocenters. The van der Waals surface area contributed by atoms with Crippen molar-refractivity contribution >= 4 is 33.6 Å². The molecular weight excluding hydrogens is 386 g/mol. The molecular formula is C19H18BrNO4. The van der Waals surface area contributed by atoms with Crippen LogP contribution in [0.1, 0.15) is 34.6 Å². The third-order valence-corrected chi connectivity index (χ3v) is 4.06. The van der Waals surface area contributed by atoms with Gasteiger partial charge in [-0.15, -0.1) is 0 Å². The third kappa shape index (κ3) is 5.26. The Labute approximate surface area is 154 Å². The molecule has 1 N–H and O–H groups in total. The quantitative estimate of drug-likeness (QED) is 0.592. The summed E-state index contributed by atoms with van der Waals surface area (Å²) in [5, 5.41) is 2.56. The topological polar surface area (TPSA) is 72.5 Å². The van der Waals surface area contributed by atoms with Gasteiger partial charge in [0.05, 0.1) is 0 Å². The summed E-state index contributed by atoms with van der Waals surface area (Å²) in [7, 11) is 0. The number of ketones is 1. The average molecular weight is 404 g/mol. The Morgan fingerprint density at radius 3 is 2.12 bits per heavy atom. The van der Waals surface area contributed by atoms with Crippen LogP contribution in [0, 0.1) is 0 Å². The fraction of sp³-hybridized carbons (Fsp3) is 0.211. The van der Waals surface area contributed by atoms with Crippen LogP contribution in [-0.4, -0.2) is 29.8 Å². The van der Waals surface area contributed by atoms with E-state index in [1.54, 1.807) is 54.6 Å². The van der Waals surface area contributed by atoms with Gasteiger partial charge in [-0.1, -0.05) is 46.3 Å². The molecule has 0 aliphatic rings. The smallest absolute Gasteiger partial charge is 0.329 e. The molecule has 130 valence electrons. The molecule has 2 aromatic carbocycles. The van der Waals surface area contributed by atoms with Crippen molar-refractivity contribution < 1.29 is 19.1 Å². The normalized spacial score (nSPS) is 12.8. The second-order valence-electron chi connectivity index (χ2n) is 5.51. The van der Waals surface area contributed by atoms with Gasteiger partial charge in [-0.25, -0.2) is 4.79 Å². The lowest BCUT2D eigenvalue weighted by Crippen LogP contribution is -2.41. The second-order valence-corrected chi connectivity index (χ2v) is 6.43. The summed E-state index contributed by atoms with van der Waals surface area (Å²) < 4.78 is 6.03. The molecule has 1 amide bonds. The maximum atomic E-state index is 12.3. The van der Waals surface area contributed by atoms with Crippen LogP contribution < -0.4 is 5.32 Å². The van der Waals surface area contributed by atoms with Gasteiger partial charge in [0.2, 0.25) is 5.78 Å². The summed E-state index contributed by atoms with van der Waals surface area (Å²) in [6, 6.07) is 14.5. The van der Waals surface area contributed by atoms with Crippen molar-refractivity contribution in [2.45, 2.75) is 26.0 Å². The molecule has 0 aliphatic heterocycles. The van der Waals surface area contributed by atoms with Gasteiger partial charge in [0.25, 0.3) is 5.91 Å². The zero-order valence-corrected chi connectivity index (χ0v) is 15.4. The van der Waals surface area contributed by atoms with Crippen LogP contribution in [0.2, 0.25) is 0 Å². The summed E-state index contributed by atoms with van der Waals surface area (Å²) in [5.41, 5.74) is 0.894. The van der Waals surface area contributed by atoms with Gasteiger partial charge in [-0.05, 0) is 38.1 Å². The van der Waals surface area contributed by atoms with Gasteiger partial charge in [-0.2, -0.15) is 0 Å². The van der Waals surface area contributed by atoms with Crippen molar-refractivity contribution in [1.29, 1.82) is 0 Å². The van der Waals surface area contributed by atoms with E-state index in [-0.39, 0.29) is 11.7 Å². The van der Waals surface area contributed by atoms with Gasteiger partial charge in [0, 0.05) is 15.6 Å². The maximum Gasteiger partial charge on any atom is 0.329 e. The Balaban J connectivity index is 1.92. The molecule has 0 bridgehead atoms. The van der Waals surface area contributed by atoms with Gasteiger partial charge in [0.15, 0.2) is 6.10 Å². The van der Waals surface area contributed by atoms with Crippen molar-refractivity contribution in [2.24, 2.45) is 0 Å². The fourth-order valence-electron chi connectivity index (χ4n) is 2.11. The van der Waals surface area contributed by atoms with E-state index >= 15 is 0 Å². The van der Waals surface area contributed by atoms with Crippen LogP contribution in [0.4, 0.5) is 0 Å². The largest absolute Gasteiger partial charge is 0.453 e. The molecule has 0 saturated heterocycles. The number of esters is 1. The van der Waals surface area contributed by atoms with E-state index in [0.29, 0.717) is 11.1 Å². The van der Waals surface area contributed by atoms with Crippen LogP contribution in [-0.2, 0) is 9.53 Å². The van der Waals surface area contributed by atoms with E-state index in [0.717, 1.165) is 4.47 Å². The molecule has 2 aromatic rings. The Bertz CT molecular complexity index is 759. The first-order valence-corrected chi connectivity index (χ1v) is 8.54. The molecule has 6 heteroatoms. The van der Waals surface area contributed by atoms with E-state index in [9.17, 15) is 14.4 Å². The Morgan fingerprint density at radius 2 is 1.52 bits per heavy atom. The molecule has 0 spiro atoms. The van der Waals surface area contributed by atoms with Gasteiger partial charge < -0.3 is 10.1 Å². The van der Waals surface area contributed by atoms with Gasteiger partial charge in [-0.3, -0.25) is 9.59 Å². The van der Waals surface area contributed by atoms with Crippen LogP contribution in [0.25, 0.3) is 0 Å². The standard InChI is InChI=1S/C19H18BrNO4/c1-12(21-18(23)15-6-4-3-5-7-15)19(24)25-13(2)17(22)14-8-10-16(20)11-9-14/h3-13H,1-2H3,(H,21,23)/t12-,13+/m0/s1. The molecule has 0 aromatic heterocycles. The highest BCUT2D eigenvalue weighted by Crippen LogP contribution is 2.13. The lowest BCUT2D eigenvalue weighted by atomic mass is 10.1. The number of ether oxygens (including phenoxy) is 1. The van der Waals surface area contributed by atoms with Crippen molar-refractivity contribution in [3.8, 4) is 0 Å². The summed E-state index contributed by atoms with van der Waals surface area (Å²) >= 11 is 3.30. The van der Waals surface area contributed by atoms with E-state index in [4.69, 9.17) is 4.74 Å². The SMILES string of the molecule is C[C@H](NC(=O)c1ccccc1)C(=O)O[C@H](C)C(=O)c1ccc(Br)cc1. The monoisotopic (exact) mass is 403 g/mol.